The van der Waals surface area contributed by atoms with Gasteiger partial charge in [0.15, 0.2) is 0 Å². The van der Waals surface area contributed by atoms with Crippen LogP contribution in [0.1, 0.15) is 78.6 Å². The van der Waals surface area contributed by atoms with Crippen LogP contribution in [0.25, 0.3) is 0 Å². The van der Waals surface area contributed by atoms with Crippen molar-refractivity contribution in [1.82, 2.24) is 0 Å². The van der Waals surface area contributed by atoms with Crippen molar-refractivity contribution in [3.05, 3.63) is 12.3 Å². The summed E-state index contributed by atoms with van der Waals surface area (Å²) in [5.41, 5.74) is 0. The van der Waals surface area contributed by atoms with Crippen molar-refractivity contribution in [2.45, 2.75) is 78.6 Å². The number of phosphoric acid groups is 1. The van der Waals surface area contributed by atoms with Crippen LogP contribution in [0.5, 0.6) is 0 Å². The van der Waals surface area contributed by atoms with Crippen molar-refractivity contribution in [3.63, 3.8) is 0 Å². The second-order valence-corrected chi connectivity index (χ2v) is 6.73. The van der Waals surface area contributed by atoms with E-state index in [9.17, 15) is 4.57 Å². The number of allylic oxidation sites excluding steroid dienone is 1. The summed E-state index contributed by atoms with van der Waals surface area (Å²) in [5.74, 6) is 0.492. The third-order valence-electron chi connectivity index (χ3n) is 3.12. The van der Waals surface area contributed by atoms with Gasteiger partial charge in [-0.05, 0) is 20.3 Å². The summed E-state index contributed by atoms with van der Waals surface area (Å²) in [6, 6.07) is 0. The molecule has 0 radical (unpaired) electrons. The quantitative estimate of drug-likeness (QED) is 0.204. The molecule has 0 fully saturated rings. The Morgan fingerprint density at radius 3 is 1.81 bits per heavy atom. The second-order valence-electron chi connectivity index (χ2n) is 5.14. The largest absolute Gasteiger partial charge is 0.529 e. The molecular weight excluding hydrogens is 287 g/mol. The zero-order valence-electron chi connectivity index (χ0n) is 14.1. The van der Waals surface area contributed by atoms with E-state index in [1.807, 2.05) is 0 Å². The lowest BCUT2D eigenvalue weighted by atomic mass is 10.1. The Morgan fingerprint density at radius 2 is 1.33 bits per heavy atom. The topological polar surface area (TPSA) is 44.8 Å². The van der Waals surface area contributed by atoms with Crippen molar-refractivity contribution in [1.29, 1.82) is 0 Å². The van der Waals surface area contributed by atoms with Gasteiger partial charge >= 0.3 is 7.82 Å². The molecule has 0 atom stereocenters. The van der Waals surface area contributed by atoms with Crippen LogP contribution in [0.4, 0.5) is 0 Å². The summed E-state index contributed by atoms with van der Waals surface area (Å²) in [7, 11) is -3.45. The number of hydrogen-bond acceptors (Lipinski definition) is 4. The maximum atomic E-state index is 12.1. The van der Waals surface area contributed by atoms with E-state index >= 15 is 0 Å². The first-order valence-corrected chi connectivity index (χ1v) is 9.80. The highest BCUT2D eigenvalue weighted by Gasteiger charge is 2.27. The van der Waals surface area contributed by atoms with Gasteiger partial charge in [0.1, 0.15) is 5.76 Å². The van der Waals surface area contributed by atoms with Crippen molar-refractivity contribution in [2.75, 3.05) is 13.2 Å². The molecule has 0 saturated heterocycles. The monoisotopic (exact) mass is 320 g/mol. The highest BCUT2D eigenvalue weighted by atomic mass is 31.2. The van der Waals surface area contributed by atoms with Crippen LogP contribution < -0.4 is 0 Å². The zero-order valence-corrected chi connectivity index (χ0v) is 15.0. The molecule has 126 valence electrons. The van der Waals surface area contributed by atoms with Crippen molar-refractivity contribution in [3.8, 4) is 0 Å². The van der Waals surface area contributed by atoms with Crippen molar-refractivity contribution >= 4 is 7.82 Å². The van der Waals surface area contributed by atoms with E-state index in [0.717, 1.165) is 12.8 Å². The Morgan fingerprint density at radius 1 is 0.857 bits per heavy atom. The standard InChI is InChI=1S/C16H33O4P/c1-5-8-9-10-11-12-13-14-15-16(4)20-21(17,18-6-2)19-7-3/h4-15H2,1-3H3. The molecule has 0 N–H and O–H groups in total. The molecule has 0 saturated carbocycles. The fourth-order valence-corrected chi connectivity index (χ4v) is 3.29. The molecule has 21 heavy (non-hydrogen) atoms. The zero-order chi connectivity index (χ0) is 16.0. The summed E-state index contributed by atoms with van der Waals surface area (Å²) < 4.78 is 27.6. The van der Waals surface area contributed by atoms with Gasteiger partial charge in [0.25, 0.3) is 0 Å². The van der Waals surface area contributed by atoms with Crippen LogP contribution in [-0.4, -0.2) is 13.2 Å². The third kappa shape index (κ3) is 12.0. The first-order chi connectivity index (χ1) is 10.1. The van der Waals surface area contributed by atoms with Gasteiger partial charge in [-0.1, -0.05) is 58.4 Å². The van der Waals surface area contributed by atoms with Crippen LogP contribution >= 0.6 is 7.82 Å². The average molecular weight is 320 g/mol. The van der Waals surface area contributed by atoms with Crippen molar-refractivity contribution < 1.29 is 18.1 Å². The molecule has 0 heterocycles. The predicted molar refractivity (Wildman–Crippen MR) is 88.3 cm³/mol. The highest BCUT2D eigenvalue weighted by molar-refractivity contribution is 7.48. The van der Waals surface area contributed by atoms with Crippen LogP contribution in [0.15, 0.2) is 12.3 Å². The average Bonchev–Trinajstić information content (AvgIpc) is 2.42. The fraction of sp³-hybridized carbons (Fsp3) is 0.875. The lowest BCUT2D eigenvalue weighted by molar-refractivity contribution is 0.143. The van der Waals surface area contributed by atoms with E-state index in [2.05, 4.69) is 13.5 Å². The molecule has 0 unspecified atom stereocenters. The van der Waals surface area contributed by atoms with Gasteiger partial charge < -0.3 is 4.52 Å². The number of hydrogen-bond donors (Lipinski definition) is 0. The number of phosphoric ester groups is 1. The van der Waals surface area contributed by atoms with Crippen molar-refractivity contribution in [2.24, 2.45) is 0 Å². The van der Waals surface area contributed by atoms with E-state index < -0.39 is 7.82 Å². The summed E-state index contributed by atoms with van der Waals surface area (Å²) in [5, 5.41) is 0. The highest BCUT2D eigenvalue weighted by Crippen LogP contribution is 2.51. The minimum Gasteiger partial charge on any atom is -0.409 e. The van der Waals surface area contributed by atoms with Crippen LogP contribution in [-0.2, 0) is 18.1 Å². The van der Waals surface area contributed by atoms with Crippen LogP contribution in [0.3, 0.4) is 0 Å². The third-order valence-corrected chi connectivity index (χ3v) is 4.76. The summed E-state index contributed by atoms with van der Waals surface area (Å²) in [6.07, 6.45) is 10.7. The Kier molecular flexibility index (Phi) is 13.2. The van der Waals surface area contributed by atoms with Gasteiger partial charge in [-0.25, -0.2) is 4.57 Å². The minimum atomic E-state index is -3.45. The summed E-state index contributed by atoms with van der Waals surface area (Å²) in [6.45, 7) is 10.1. The SMILES string of the molecule is C=C(CCCCCCCCCC)OP(=O)(OCC)OCC. The molecule has 0 aromatic heterocycles. The van der Waals surface area contributed by atoms with Crippen LogP contribution in [0.2, 0.25) is 0 Å². The van der Waals surface area contributed by atoms with E-state index in [4.69, 9.17) is 13.6 Å². The van der Waals surface area contributed by atoms with E-state index in [1.165, 1.54) is 38.5 Å². The maximum Gasteiger partial charge on any atom is 0.529 e. The minimum absolute atomic E-state index is 0.294. The summed E-state index contributed by atoms with van der Waals surface area (Å²) in [4.78, 5) is 0. The lowest BCUT2D eigenvalue weighted by Crippen LogP contribution is -2.00. The maximum absolute atomic E-state index is 12.1. The normalized spacial score (nSPS) is 11.6. The van der Waals surface area contributed by atoms with E-state index in [0.29, 0.717) is 25.4 Å². The smallest absolute Gasteiger partial charge is 0.409 e. The molecule has 0 bridgehead atoms. The Labute approximate surface area is 130 Å². The summed E-state index contributed by atoms with van der Waals surface area (Å²) >= 11 is 0. The van der Waals surface area contributed by atoms with Gasteiger partial charge in [0.2, 0.25) is 0 Å². The number of rotatable bonds is 15. The second kappa shape index (κ2) is 13.4. The Bertz CT molecular complexity index is 295. The van der Waals surface area contributed by atoms with Gasteiger partial charge in [-0.15, -0.1) is 0 Å². The number of unbranched alkanes of at least 4 members (excludes halogenated alkanes) is 7. The van der Waals surface area contributed by atoms with E-state index in [-0.39, 0.29) is 0 Å². The van der Waals surface area contributed by atoms with Gasteiger partial charge in [-0.3, -0.25) is 9.05 Å². The molecule has 0 aliphatic rings. The molecule has 5 heteroatoms. The first-order valence-electron chi connectivity index (χ1n) is 8.34. The lowest BCUT2D eigenvalue weighted by Gasteiger charge is -2.18. The van der Waals surface area contributed by atoms with Gasteiger partial charge in [0, 0.05) is 6.42 Å². The Balaban J connectivity index is 3.71. The molecule has 0 rings (SSSR count). The first kappa shape index (κ1) is 20.7. The fourth-order valence-electron chi connectivity index (χ4n) is 2.07. The van der Waals surface area contributed by atoms with E-state index in [1.54, 1.807) is 13.8 Å². The van der Waals surface area contributed by atoms with Crippen LogP contribution in [0, 0.1) is 0 Å². The molecule has 0 aromatic rings. The molecule has 0 aliphatic carbocycles. The molecule has 0 spiro atoms. The van der Waals surface area contributed by atoms with Gasteiger partial charge in [0.05, 0.1) is 13.2 Å². The molecule has 0 amide bonds. The Hall–Kier alpha value is -0.310. The van der Waals surface area contributed by atoms with Gasteiger partial charge in [-0.2, -0.15) is 0 Å². The molecule has 4 nitrogen and oxygen atoms in total. The molecular formula is C16H33O4P. The molecule has 0 aromatic carbocycles. The molecule has 0 aliphatic heterocycles. The predicted octanol–water partition coefficient (Wildman–Crippen LogP) is 6.23.